The van der Waals surface area contributed by atoms with E-state index in [0.29, 0.717) is 0 Å². The summed E-state index contributed by atoms with van der Waals surface area (Å²) in [6.45, 7) is 0. The number of carbonyl (C=O) groups is 2. The van der Waals surface area contributed by atoms with Crippen molar-refractivity contribution in [2.45, 2.75) is 0 Å². The topological polar surface area (TPSA) is 99.8 Å². The molecule has 0 saturated heterocycles. The predicted molar refractivity (Wildman–Crippen MR) is 106 cm³/mol. The minimum Gasteiger partial charge on any atom is -0.465 e. The van der Waals surface area contributed by atoms with Gasteiger partial charge in [0.05, 0.1) is 36.3 Å². The third kappa shape index (κ3) is 3.16. The average Bonchev–Trinajstić information content (AvgIpc) is 2.97. The first-order valence-electron chi connectivity index (χ1n) is 8.57. The van der Waals surface area contributed by atoms with Gasteiger partial charge in [-0.1, -0.05) is 12.1 Å². The van der Waals surface area contributed by atoms with Crippen LogP contribution in [0.3, 0.4) is 0 Å². The maximum absolute atomic E-state index is 13.0. The molecular weight excluding hydrogens is 378 g/mol. The van der Waals surface area contributed by atoms with Crippen LogP contribution in [0.1, 0.15) is 0 Å². The van der Waals surface area contributed by atoms with Crippen molar-refractivity contribution < 1.29 is 19.1 Å². The Labute approximate surface area is 165 Å². The number of fused-ring (bicyclic) bond motifs is 1. The zero-order valence-corrected chi connectivity index (χ0v) is 16.3. The molecule has 0 saturated carbocycles. The number of aromatic nitrogens is 2. The first kappa shape index (κ1) is 19.9. The van der Waals surface area contributed by atoms with Gasteiger partial charge in [-0.25, -0.2) is 9.59 Å². The standard InChI is InChI=1S/C20H19N3O6/c1-21-17(24)12-9-7-10-14(15(12)18(25)22(21)2)23-11-6-5-8-13(19(26)28-3)16(23)20(27)29-4/h5-11H,1-4H3. The Morgan fingerprint density at radius 1 is 0.897 bits per heavy atom. The number of ether oxygens (including phenoxy) is 2. The molecule has 1 aliphatic rings. The Bertz CT molecular complexity index is 1230. The highest BCUT2D eigenvalue weighted by Gasteiger charge is 2.29. The lowest BCUT2D eigenvalue weighted by molar-refractivity contribution is -0.139. The summed E-state index contributed by atoms with van der Waals surface area (Å²) in [5.41, 5.74) is -0.756. The SMILES string of the molecule is COC(=O)C1=C(C(=O)OC)N(c2cccc3c(=O)n(C)n(C)c(=O)c23)C=CC=C1. The van der Waals surface area contributed by atoms with Gasteiger partial charge in [-0.15, -0.1) is 0 Å². The van der Waals surface area contributed by atoms with Crippen LogP contribution in [0.5, 0.6) is 0 Å². The fourth-order valence-electron chi connectivity index (χ4n) is 3.10. The molecule has 0 unspecified atom stereocenters. The molecule has 29 heavy (non-hydrogen) atoms. The van der Waals surface area contributed by atoms with E-state index in [9.17, 15) is 19.2 Å². The first-order chi connectivity index (χ1) is 13.8. The summed E-state index contributed by atoms with van der Waals surface area (Å²) in [4.78, 5) is 51.9. The number of esters is 2. The maximum Gasteiger partial charge on any atom is 0.355 e. The Morgan fingerprint density at radius 2 is 1.55 bits per heavy atom. The quantitative estimate of drug-likeness (QED) is 0.704. The van der Waals surface area contributed by atoms with Crippen LogP contribution in [0.25, 0.3) is 10.8 Å². The Kier molecular flexibility index (Phi) is 5.22. The number of benzene rings is 1. The molecule has 1 aromatic carbocycles. The highest BCUT2D eigenvalue weighted by molar-refractivity contribution is 6.07. The Hall–Kier alpha value is -3.88. The van der Waals surface area contributed by atoms with Crippen molar-refractivity contribution in [3.05, 3.63) is 74.6 Å². The number of methoxy groups -OCH3 is 2. The first-order valence-corrected chi connectivity index (χ1v) is 8.57. The van der Waals surface area contributed by atoms with Gasteiger partial charge in [0.15, 0.2) is 0 Å². The number of allylic oxidation sites excluding steroid dienone is 2. The molecule has 0 bridgehead atoms. The largest absolute Gasteiger partial charge is 0.465 e. The minimum atomic E-state index is -0.806. The van der Waals surface area contributed by atoms with Gasteiger partial charge in [-0.2, -0.15) is 0 Å². The molecule has 1 aliphatic heterocycles. The summed E-state index contributed by atoms with van der Waals surface area (Å²) in [5, 5.41) is 0.290. The average molecular weight is 397 g/mol. The van der Waals surface area contributed by atoms with Gasteiger partial charge in [0, 0.05) is 20.3 Å². The molecule has 9 nitrogen and oxygen atoms in total. The number of carbonyl (C=O) groups excluding carboxylic acids is 2. The van der Waals surface area contributed by atoms with Crippen LogP contribution in [0.4, 0.5) is 5.69 Å². The summed E-state index contributed by atoms with van der Waals surface area (Å²) in [5.74, 6) is -1.56. The maximum atomic E-state index is 13.0. The summed E-state index contributed by atoms with van der Waals surface area (Å²) >= 11 is 0. The molecule has 3 rings (SSSR count). The molecule has 0 amide bonds. The molecular formula is C20H19N3O6. The van der Waals surface area contributed by atoms with Crippen molar-refractivity contribution in [3.8, 4) is 0 Å². The monoisotopic (exact) mass is 397 g/mol. The van der Waals surface area contributed by atoms with Gasteiger partial charge in [0.25, 0.3) is 11.1 Å². The third-order valence-corrected chi connectivity index (χ3v) is 4.67. The van der Waals surface area contributed by atoms with Gasteiger partial charge in [-0.3, -0.25) is 19.0 Å². The van der Waals surface area contributed by atoms with Crippen molar-refractivity contribution in [3.63, 3.8) is 0 Å². The molecule has 0 N–H and O–H groups in total. The summed E-state index contributed by atoms with van der Waals surface area (Å²) < 4.78 is 12.0. The zero-order valence-electron chi connectivity index (χ0n) is 16.3. The third-order valence-electron chi connectivity index (χ3n) is 4.67. The van der Waals surface area contributed by atoms with Crippen molar-refractivity contribution in [2.75, 3.05) is 19.1 Å². The lowest BCUT2D eigenvalue weighted by atomic mass is 10.1. The molecule has 1 aromatic heterocycles. The molecule has 0 aliphatic carbocycles. The van der Waals surface area contributed by atoms with Crippen molar-refractivity contribution in [1.29, 1.82) is 0 Å². The lowest BCUT2D eigenvalue weighted by Crippen LogP contribution is -2.36. The number of hydrogen-bond donors (Lipinski definition) is 0. The van der Waals surface area contributed by atoms with E-state index < -0.39 is 17.5 Å². The van der Waals surface area contributed by atoms with Crippen LogP contribution in [-0.4, -0.2) is 35.5 Å². The second-order valence-electron chi connectivity index (χ2n) is 6.17. The summed E-state index contributed by atoms with van der Waals surface area (Å²) in [6, 6.07) is 4.71. The van der Waals surface area contributed by atoms with Crippen LogP contribution >= 0.6 is 0 Å². The van der Waals surface area contributed by atoms with Crippen LogP contribution in [-0.2, 0) is 33.2 Å². The fourth-order valence-corrected chi connectivity index (χ4v) is 3.10. The summed E-state index contributed by atoms with van der Waals surface area (Å²) in [7, 11) is 5.33. The van der Waals surface area contributed by atoms with Crippen LogP contribution in [0.15, 0.2) is 63.5 Å². The van der Waals surface area contributed by atoms with E-state index in [1.165, 1.54) is 60.9 Å². The highest BCUT2D eigenvalue weighted by Crippen LogP contribution is 2.30. The summed E-state index contributed by atoms with van der Waals surface area (Å²) in [6.07, 6.45) is 6.06. The van der Waals surface area contributed by atoms with E-state index in [2.05, 4.69) is 0 Å². The van der Waals surface area contributed by atoms with Crippen molar-refractivity contribution in [2.24, 2.45) is 14.1 Å². The zero-order chi connectivity index (χ0) is 21.3. The van der Waals surface area contributed by atoms with Gasteiger partial charge in [0.1, 0.15) is 5.70 Å². The smallest absolute Gasteiger partial charge is 0.355 e. The molecule has 2 aromatic rings. The Balaban J connectivity index is 2.44. The fraction of sp³-hybridized carbons (Fsp3) is 0.200. The van der Waals surface area contributed by atoms with Crippen LogP contribution in [0.2, 0.25) is 0 Å². The van der Waals surface area contributed by atoms with Gasteiger partial charge in [0.2, 0.25) is 0 Å². The predicted octanol–water partition coefficient (Wildman–Crippen LogP) is 0.727. The van der Waals surface area contributed by atoms with Gasteiger partial charge in [-0.05, 0) is 24.3 Å². The van der Waals surface area contributed by atoms with Crippen molar-refractivity contribution in [1.82, 2.24) is 9.36 Å². The van der Waals surface area contributed by atoms with Crippen LogP contribution in [0, 0.1) is 0 Å². The number of rotatable bonds is 3. The van der Waals surface area contributed by atoms with E-state index in [1.807, 2.05) is 0 Å². The highest BCUT2D eigenvalue weighted by atomic mass is 16.5. The molecule has 0 spiro atoms. The van der Waals surface area contributed by atoms with E-state index >= 15 is 0 Å². The minimum absolute atomic E-state index is 0.0537. The number of anilines is 1. The molecule has 0 radical (unpaired) electrons. The van der Waals surface area contributed by atoms with E-state index in [4.69, 9.17) is 9.47 Å². The van der Waals surface area contributed by atoms with Crippen LogP contribution < -0.4 is 16.0 Å². The molecule has 9 heteroatoms. The number of nitrogens with zero attached hydrogens (tertiary/aromatic N) is 3. The molecule has 2 heterocycles. The van der Waals surface area contributed by atoms with E-state index in [-0.39, 0.29) is 33.3 Å². The van der Waals surface area contributed by atoms with Crippen molar-refractivity contribution >= 4 is 28.4 Å². The number of hydrogen-bond acceptors (Lipinski definition) is 7. The normalized spacial score (nSPS) is 13.6. The van der Waals surface area contributed by atoms with Gasteiger partial charge >= 0.3 is 11.9 Å². The second kappa shape index (κ2) is 7.63. The molecule has 0 atom stereocenters. The molecule has 150 valence electrons. The van der Waals surface area contributed by atoms with E-state index in [1.54, 1.807) is 24.3 Å². The van der Waals surface area contributed by atoms with E-state index in [0.717, 1.165) is 0 Å². The second-order valence-corrected chi connectivity index (χ2v) is 6.17. The van der Waals surface area contributed by atoms with Gasteiger partial charge < -0.3 is 14.4 Å². The molecule has 0 fully saturated rings. The Morgan fingerprint density at radius 3 is 2.21 bits per heavy atom. The lowest BCUT2D eigenvalue weighted by Gasteiger charge is -2.24.